The van der Waals surface area contributed by atoms with E-state index in [-0.39, 0.29) is 5.92 Å². The van der Waals surface area contributed by atoms with Crippen molar-refractivity contribution >= 4 is 21.8 Å². The van der Waals surface area contributed by atoms with Crippen LogP contribution >= 0.6 is 0 Å². The highest BCUT2D eigenvalue weighted by atomic mass is 16.5. The highest BCUT2D eigenvalue weighted by molar-refractivity contribution is 5.85. The number of para-hydroxylation sites is 2. The molecule has 0 aliphatic carbocycles. The Hall–Kier alpha value is -2.81. The molecule has 0 fully saturated rings. The smallest absolute Gasteiger partial charge is 0.119 e. The Morgan fingerprint density at radius 1 is 0.929 bits per heavy atom. The van der Waals surface area contributed by atoms with Crippen molar-refractivity contribution in [3.63, 3.8) is 0 Å². The van der Waals surface area contributed by atoms with E-state index in [1.165, 1.54) is 21.9 Å². The van der Waals surface area contributed by atoms with Crippen LogP contribution in [0.1, 0.15) is 44.5 Å². The molecule has 1 atom stereocenters. The van der Waals surface area contributed by atoms with Gasteiger partial charge in [0.2, 0.25) is 0 Å². The zero-order valence-electron chi connectivity index (χ0n) is 17.1. The maximum absolute atomic E-state index is 5.35. The molecular weight excluding hydrogens is 344 g/mol. The topological polar surface area (TPSA) is 27.1 Å². The van der Waals surface area contributed by atoms with Crippen molar-refractivity contribution in [3.8, 4) is 5.75 Å². The number of aryl methyl sites for hydroxylation is 1. The van der Waals surface area contributed by atoms with Crippen molar-refractivity contribution in [2.24, 2.45) is 5.92 Å². The number of hydrogen-bond acceptors (Lipinski definition) is 2. The van der Waals surface area contributed by atoms with Crippen LogP contribution in [0.25, 0.3) is 21.8 Å². The van der Waals surface area contributed by atoms with Crippen LogP contribution in [0.2, 0.25) is 0 Å². The summed E-state index contributed by atoms with van der Waals surface area (Å²) in [7, 11) is 1.71. The second-order valence-corrected chi connectivity index (χ2v) is 7.99. The van der Waals surface area contributed by atoms with Crippen LogP contribution in [0, 0.1) is 5.92 Å². The number of ether oxygens (including phenoxy) is 1. The minimum absolute atomic E-state index is 0.228. The van der Waals surface area contributed by atoms with E-state index in [0.29, 0.717) is 5.92 Å². The van der Waals surface area contributed by atoms with Gasteiger partial charge in [-0.15, -0.1) is 0 Å². The summed E-state index contributed by atoms with van der Waals surface area (Å²) in [5, 5.41) is 2.43. The molecule has 0 radical (unpaired) electrons. The number of aromatic nitrogens is 2. The van der Waals surface area contributed by atoms with Gasteiger partial charge >= 0.3 is 0 Å². The molecule has 0 spiro atoms. The SMILES string of the molecule is COc1ccc2cc(C(C)c3nc4ccccc4n3CCC(C)C)ccc2c1. The molecule has 4 aromatic rings. The fraction of sp³-hybridized carbons (Fsp3) is 0.320. The van der Waals surface area contributed by atoms with Crippen molar-refractivity contribution in [1.29, 1.82) is 0 Å². The molecule has 1 unspecified atom stereocenters. The van der Waals surface area contributed by atoms with E-state index in [1.807, 2.05) is 6.07 Å². The van der Waals surface area contributed by atoms with Crippen molar-refractivity contribution in [1.82, 2.24) is 9.55 Å². The Morgan fingerprint density at radius 2 is 1.68 bits per heavy atom. The second-order valence-electron chi connectivity index (χ2n) is 7.99. The third kappa shape index (κ3) is 3.49. The van der Waals surface area contributed by atoms with E-state index < -0.39 is 0 Å². The molecule has 3 nitrogen and oxygen atoms in total. The Labute approximate surface area is 167 Å². The van der Waals surface area contributed by atoms with Crippen LogP contribution in [0.3, 0.4) is 0 Å². The minimum atomic E-state index is 0.228. The van der Waals surface area contributed by atoms with Gasteiger partial charge in [-0.25, -0.2) is 4.98 Å². The molecule has 0 bridgehead atoms. The molecule has 1 aromatic heterocycles. The lowest BCUT2D eigenvalue weighted by molar-refractivity contribution is 0.415. The number of imidazole rings is 1. The Morgan fingerprint density at radius 3 is 2.46 bits per heavy atom. The van der Waals surface area contributed by atoms with Crippen LogP contribution < -0.4 is 4.74 Å². The molecule has 0 amide bonds. The van der Waals surface area contributed by atoms with Gasteiger partial charge in [0.15, 0.2) is 0 Å². The maximum Gasteiger partial charge on any atom is 0.119 e. The van der Waals surface area contributed by atoms with Crippen LogP contribution in [0.4, 0.5) is 0 Å². The van der Waals surface area contributed by atoms with E-state index in [0.717, 1.165) is 30.1 Å². The summed E-state index contributed by atoms with van der Waals surface area (Å²) in [5.74, 6) is 2.93. The first-order valence-electron chi connectivity index (χ1n) is 10.1. The number of fused-ring (bicyclic) bond motifs is 2. The first-order chi connectivity index (χ1) is 13.6. The standard InChI is InChI=1S/C25H28N2O/c1-17(2)13-14-27-24-8-6-5-7-23(24)26-25(27)18(3)19-9-10-21-16-22(28-4)12-11-20(21)15-19/h5-12,15-18H,13-14H2,1-4H3. The van der Waals surface area contributed by atoms with Crippen molar-refractivity contribution in [2.45, 2.75) is 39.7 Å². The summed E-state index contributed by atoms with van der Waals surface area (Å²) < 4.78 is 7.77. The molecule has 28 heavy (non-hydrogen) atoms. The molecule has 0 saturated heterocycles. The van der Waals surface area contributed by atoms with Crippen LogP contribution in [-0.2, 0) is 6.54 Å². The Bertz CT molecular complexity index is 1110. The molecular formula is C25H28N2O. The molecule has 0 aliphatic rings. The highest BCUT2D eigenvalue weighted by Gasteiger charge is 2.18. The van der Waals surface area contributed by atoms with Gasteiger partial charge in [-0.3, -0.25) is 0 Å². The van der Waals surface area contributed by atoms with E-state index in [4.69, 9.17) is 9.72 Å². The molecule has 0 saturated carbocycles. The molecule has 3 heteroatoms. The third-order valence-electron chi connectivity index (χ3n) is 5.57. The van der Waals surface area contributed by atoms with Crippen molar-refractivity contribution < 1.29 is 4.74 Å². The summed E-state index contributed by atoms with van der Waals surface area (Å²) >= 11 is 0. The average molecular weight is 373 g/mol. The van der Waals surface area contributed by atoms with Gasteiger partial charge in [-0.1, -0.05) is 57.2 Å². The quantitative estimate of drug-likeness (QED) is 0.392. The number of hydrogen-bond donors (Lipinski definition) is 0. The van der Waals surface area contributed by atoms with E-state index in [9.17, 15) is 0 Å². The van der Waals surface area contributed by atoms with Crippen LogP contribution in [-0.4, -0.2) is 16.7 Å². The van der Waals surface area contributed by atoms with Gasteiger partial charge < -0.3 is 9.30 Å². The summed E-state index contributed by atoms with van der Waals surface area (Å²) in [4.78, 5) is 5.02. The number of nitrogens with zero attached hydrogens (tertiary/aromatic N) is 2. The van der Waals surface area contributed by atoms with E-state index in [2.05, 4.69) is 79.9 Å². The zero-order chi connectivity index (χ0) is 19.7. The normalized spacial score (nSPS) is 12.8. The average Bonchev–Trinajstić information content (AvgIpc) is 3.09. The van der Waals surface area contributed by atoms with Gasteiger partial charge in [-0.2, -0.15) is 0 Å². The summed E-state index contributed by atoms with van der Waals surface area (Å²) in [5.41, 5.74) is 3.60. The molecule has 0 aliphatic heterocycles. The fourth-order valence-electron chi connectivity index (χ4n) is 3.83. The lowest BCUT2D eigenvalue weighted by atomic mass is 9.97. The van der Waals surface area contributed by atoms with Gasteiger partial charge in [0, 0.05) is 12.5 Å². The number of rotatable bonds is 6. The van der Waals surface area contributed by atoms with E-state index in [1.54, 1.807) is 7.11 Å². The van der Waals surface area contributed by atoms with Crippen LogP contribution in [0.5, 0.6) is 5.75 Å². The summed E-state index contributed by atoms with van der Waals surface area (Å²) in [6, 6.07) is 21.4. The monoisotopic (exact) mass is 372 g/mol. The zero-order valence-corrected chi connectivity index (χ0v) is 17.1. The maximum atomic E-state index is 5.35. The number of benzene rings is 3. The van der Waals surface area contributed by atoms with Crippen LogP contribution in [0.15, 0.2) is 60.7 Å². The predicted octanol–water partition coefficient (Wildman–Crippen LogP) is 6.40. The van der Waals surface area contributed by atoms with Gasteiger partial charge in [0.1, 0.15) is 11.6 Å². The Kier molecular flexibility index (Phi) is 5.08. The summed E-state index contributed by atoms with van der Waals surface area (Å²) in [6.07, 6.45) is 1.15. The van der Waals surface area contributed by atoms with Crippen molar-refractivity contribution in [2.75, 3.05) is 7.11 Å². The van der Waals surface area contributed by atoms with E-state index >= 15 is 0 Å². The van der Waals surface area contributed by atoms with Gasteiger partial charge in [-0.05, 0) is 52.9 Å². The molecule has 3 aromatic carbocycles. The molecule has 1 heterocycles. The number of methoxy groups -OCH3 is 1. The molecule has 4 rings (SSSR count). The molecule has 144 valence electrons. The summed E-state index contributed by atoms with van der Waals surface area (Å²) in [6.45, 7) is 7.82. The lowest BCUT2D eigenvalue weighted by Crippen LogP contribution is -2.10. The van der Waals surface area contributed by atoms with Crippen molar-refractivity contribution in [3.05, 3.63) is 72.1 Å². The Balaban J connectivity index is 1.76. The first kappa shape index (κ1) is 18.5. The predicted molar refractivity (Wildman–Crippen MR) is 117 cm³/mol. The molecule has 0 N–H and O–H groups in total. The third-order valence-corrected chi connectivity index (χ3v) is 5.57. The fourth-order valence-corrected chi connectivity index (χ4v) is 3.83. The minimum Gasteiger partial charge on any atom is -0.497 e. The lowest BCUT2D eigenvalue weighted by Gasteiger charge is -2.17. The highest BCUT2D eigenvalue weighted by Crippen LogP contribution is 2.31. The largest absolute Gasteiger partial charge is 0.497 e. The van der Waals surface area contributed by atoms with Gasteiger partial charge in [0.05, 0.1) is 18.1 Å². The van der Waals surface area contributed by atoms with Gasteiger partial charge in [0.25, 0.3) is 0 Å². The second kappa shape index (κ2) is 7.67. The first-order valence-corrected chi connectivity index (χ1v) is 10.1.